The van der Waals surface area contributed by atoms with Crippen LogP contribution in [0.3, 0.4) is 0 Å². The quantitative estimate of drug-likeness (QED) is 0.832. The molecule has 2 aromatic rings. The summed E-state index contributed by atoms with van der Waals surface area (Å²) in [4.78, 5) is 0. The van der Waals surface area contributed by atoms with Crippen LogP contribution in [0, 0.1) is 0 Å². The van der Waals surface area contributed by atoms with Gasteiger partial charge in [0.2, 0.25) is 6.79 Å². The molecule has 0 bridgehead atoms. The second kappa shape index (κ2) is 4.63. The molecule has 0 aromatic heterocycles. The maximum absolute atomic E-state index is 5.47. The summed E-state index contributed by atoms with van der Waals surface area (Å²) in [6.07, 6.45) is 1.02. The summed E-state index contributed by atoms with van der Waals surface area (Å²) < 4.78 is 10.8. The highest BCUT2D eigenvalue weighted by molar-refractivity contribution is 5.70. The van der Waals surface area contributed by atoms with Crippen molar-refractivity contribution in [2.75, 3.05) is 24.0 Å². The second-order valence-electron chi connectivity index (χ2n) is 5.07. The molecule has 2 heterocycles. The van der Waals surface area contributed by atoms with Crippen LogP contribution in [-0.2, 0) is 0 Å². The summed E-state index contributed by atoms with van der Waals surface area (Å²) in [6.45, 7) is 1.27. The Morgan fingerprint density at radius 2 is 1.80 bits per heavy atom. The van der Waals surface area contributed by atoms with Gasteiger partial charge in [-0.15, -0.1) is 0 Å². The summed E-state index contributed by atoms with van der Waals surface area (Å²) in [7, 11) is 0. The van der Waals surface area contributed by atoms with Gasteiger partial charge in [0.1, 0.15) is 0 Å². The lowest BCUT2D eigenvalue weighted by Gasteiger charge is -2.18. The van der Waals surface area contributed by atoms with Gasteiger partial charge >= 0.3 is 0 Å². The van der Waals surface area contributed by atoms with Crippen LogP contribution in [0.4, 0.5) is 11.4 Å². The molecule has 0 saturated carbocycles. The minimum absolute atomic E-state index is 0.278. The minimum atomic E-state index is 0.278. The molecule has 2 aliphatic rings. The summed E-state index contributed by atoms with van der Waals surface area (Å²) in [5.41, 5.74) is 3.54. The summed E-state index contributed by atoms with van der Waals surface area (Å²) >= 11 is 0. The summed E-state index contributed by atoms with van der Waals surface area (Å²) in [5.74, 6) is 1.68. The monoisotopic (exact) mass is 268 g/mol. The van der Waals surface area contributed by atoms with E-state index in [4.69, 9.17) is 9.47 Å². The van der Waals surface area contributed by atoms with E-state index in [9.17, 15) is 0 Å². The lowest BCUT2D eigenvalue weighted by atomic mass is 10.0. The van der Waals surface area contributed by atoms with E-state index in [1.807, 2.05) is 6.07 Å². The molecule has 4 nitrogen and oxygen atoms in total. The third kappa shape index (κ3) is 1.93. The predicted molar refractivity (Wildman–Crippen MR) is 78.5 cm³/mol. The van der Waals surface area contributed by atoms with Gasteiger partial charge in [0, 0.05) is 6.54 Å². The molecular weight excluding hydrogens is 252 g/mol. The van der Waals surface area contributed by atoms with Crippen LogP contribution in [0.5, 0.6) is 11.5 Å². The highest BCUT2D eigenvalue weighted by atomic mass is 16.7. The lowest BCUT2D eigenvalue weighted by molar-refractivity contribution is 0.174. The van der Waals surface area contributed by atoms with E-state index in [0.717, 1.165) is 35.8 Å². The van der Waals surface area contributed by atoms with Gasteiger partial charge in [-0.2, -0.15) is 0 Å². The molecule has 1 atom stereocenters. The first-order chi connectivity index (χ1) is 9.90. The van der Waals surface area contributed by atoms with Gasteiger partial charge in [-0.25, -0.2) is 0 Å². The highest BCUT2D eigenvalue weighted by Crippen LogP contribution is 2.37. The van der Waals surface area contributed by atoms with Gasteiger partial charge in [-0.1, -0.05) is 18.2 Å². The van der Waals surface area contributed by atoms with Crippen molar-refractivity contribution in [1.29, 1.82) is 0 Å². The molecule has 0 spiro atoms. The average molecular weight is 268 g/mol. The Morgan fingerprint density at radius 3 is 2.75 bits per heavy atom. The minimum Gasteiger partial charge on any atom is -0.454 e. The normalized spacial score (nSPS) is 19.5. The molecule has 0 aliphatic carbocycles. The molecule has 0 radical (unpaired) electrons. The first kappa shape index (κ1) is 11.5. The highest BCUT2D eigenvalue weighted by Gasteiger charge is 2.20. The van der Waals surface area contributed by atoms with Gasteiger partial charge in [-0.05, 0) is 36.2 Å². The van der Waals surface area contributed by atoms with Crippen molar-refractivity contribution in [2.45, 2.75) is 12.5 Å². The number of benzene rings is 2. The van der Waals surface area contributed by atoms with Crippen molar-refractivity contribution in [3.05, 3.63) is 48.0 Å². The molecule has 4 rings (SSSR count). The average Bonchev–Trinajstić information content (AvgIpc) is 2.84. The van der Waals surface area contributed by atoms with E-state index in [0.29, 0.717) is 6.79 Å². The number of rotatable bonds is 1. The van der Waals surface area contributed by atoms with Crippen molar-refractivity contribution in [3.8, 4) is 11.5 Å². The van der Waals surface area contributed by atoms with Crippen LogP contribution < -0.4 is 20.1 Å². The Hall–Kier alpha value is -2.36. The van der Waals surface area contributed by atoms with Gasteiger partial charge in [0.15, 0.2) is 11.5 Å². The zero-order valence-electron chi connectivity index (χ0n) is 11.1. The van der Waals surface area contributed by atoms with Crippen LogP contribution in [0.15, 0.2) is 42.5 Å². The number of hydrogen-bond donors (Lipinski definition) is 2. The molecule has 2 N–H and O–H groups in total. The predicted octanol–water partition coefficient (Wildman–Crippen LogP) is 3.38. The van der Waals surface area contributed by atoms with Crippen molar-refractivity contribution >= 4 is 11.4 Å². The zero-order chi connectivity index (χ0) is 13.4. The van der Waals surface area contributed by atoms with Gasteiger partial charge in [0.25, 0.3) is 0 Å². The van der Waals surface area contributed by atoms with E-state index in [1.165, 1.54) is 5.56 Å². The van der Waals surface area contributed by atoms with Gasteiger partial charge in [-0.3, -0.25) is 0 Å². The molecule has 2 aromatic carbocycles. The number of nitrogens with one attached hydrogen (secondary N) is 2. The summed E-state index contributed by atoms with van der Waals surface area (Å²) in [6, 6.07) is 14.8. The Morgan fingerprint density at radius 1 is 0.950 bits per heavy atom. The molecule has 0 unspecified atom stereocenters. The Balaban J connectivity index is 1.66. The molecule has 20 heavy (non-hydrogen) atoms. The smallest absolute Gasteiger partial charge is 0.231 e. The molecule has 102 valence electrons. The van der Waals surface area contributed by atoms with Crippen LogP contribution in [0.25, 0.3) is 0 Å². The van der Waals surface area contributed by atoms with E-state index < -0.39 is 0 Å². The van der Waals surface area contributed by atoms with E-state index in [1.54, 1.807) is 0 Å². The van der Waals surface area contributed by atoms with Crippen LogP contribution in [0.2, 0.25) is 0 Å². The number of hydrogen-bond acceptors (Lipinski definition) is 4. The third-order valence-corrected chi connectivity index (χ3v) is 3.80. The molecule has 0 fully saturated rings. The first-order valence-corrected chi connectivity index (χ1v) is 6.89. The van der Waals surface area contributed by atoms with Gasteiger partial charge in [0.05, 0.1) is 17.4 Å². The second-order valence-corrected chi connectivity index (χ2v) is 5.07. The van der Waals surface area contributed by atoms with E-state index in [2.05, 4.69) is 47.0 Å². The van der Waals surface area contributed by atoms with Crippen molar-refractivity contribution in [1.82, 2.24) is 0 Å². The van der Waals surface area contributed by atoms with Crippen LogP contribution >= 0.6 is 0 Å². The van der Waals surface area contributed by atoms with Crippen molar-refractivity contribution in [3.63, 3.8) is 0 Å². The number of anilines is 2. The topological polar surface area (TPSA) is 42.5 Å². The number of fused-ring (bicyclic) bond motifs is 2. The molecule has 0 saturated heterocycles. The van der Waals surface area contributed by atoms with Crippen LogP contribution in [0.1, 0.15) is 18.0 Å². The molecule has 0 amide bonds. The fourth-order valence-electron chi connectivity index (χ4n) is 2.75. The van der Waals surface area contributed by atoms with Crippen molar-refractivity contribution in [2.24, 2.45) is 0 Å². The SMILES string of the molecule is c1ccc2c(c1)NCC[C@H](c1ccc3c(c1)OCO3)N2. The zero-order valence-corrected chi connectivity index (χ0v) is 11.1. The van der Waals surface area contributed by atoms with E-state index in [-0.39, 0.29) is 6.04 Å². The Labute approximate surface area is 117 Å². The standard InChI is InChI=1S/C16H16N2O2/c1-2-4-14-13(3-1)17-8-7-12(18-14)11-5-6-15-16(9-11)20-10-19-15/h1-6,9,12,17-18H,7-8,10H2/t12-/m1/s1. The molecular formula is C16H16N2O2. The third-order valence-electron chi connectivity index (χ3n) is 3.80. The number of ether oxygens (including phenoxy) is 2. The largest absolute Gasteiger partial charge is 0.454 e. The fraction of sp³-hybridized carbons (Fsp3) is 0.250. The maximum Gasteiger partial charge on any atom is 0.231 e. The van der Waals surface area contributed by atoms with Crippen molar-refractivity contribution < 1.29 is 9.47 Å². The Bertz CT molecular complexity index is 642. The first-order valence-electron chi connectivity index (χ1n) is 6.89. The van der Waals surface area contributed by atoms with Gasteiger partial charge < -0.3 is 20.1 Å². The fourth-order valence-corrected chi connectivity index (χ4v) is 2.75. The van der Waals surface area contributed by atoms with Crippen LogP contribution in [-0.4, -0.2) is 13.3 Å². The molecule has 2 aliphatic heterocycles. The summed E-state index contributed by atoms with van der Waals surface area (Å²) in [5, 5.41) is 7.07. The maximum atomic E-state index is 5.47. The lowest BCUT2D eigenvalue weighted by Crippen LogP contribution is -2.11. The van der Waals surface area contributed by atoms with E-state index >= 15 is 0 Å². The number of para-hydroxylation sites is 2. The Kier molecular flexibility index (Phi) is 2.66. The molecule has 4 heteroatoms.